The van der Waals surface area contributed by atoms with Gasteiger partial charge in [0.05, 0.1) is 13.2 Å². The molecule has 1 aromatic rings. The Labute approximate surface area is 181 Å². The molecule has 3 rings (SSSR count). The van der Waals surface area contributed by atoms with Crippen LogP contribution in [0.25, 0.3) is 0 Å². The molecule has 0 N–H and O–H groups in total. The number of esters is 1. The van der Waals surface area contributed by atoms with Crippen molar-refractivity contribution in [1.82, 2.24) is 0 Å². The summed E-state index contributed by atoms with van der Waals surface area (Å²) in [6.07, 6.45) is 3.36. The first-order valence-electron chi connectivity index (χ1n) is 11.4. The third kappa shape index (κ3) is 4.40. The summed E-state index contributed by atoms with van der Waals surface area (Å²) in [6.45, 7) is 10.6. The van der Waals surface area contributed by atoms with Crippen molar-refractivity contribution in [3.05, 3.63) is 35.9 Å². The zero-order valence-corrected chi connectivity index (χ0v) is 19.9. The average molecular weight is 437 g/mol. The summed E-state index contributed by atoms with van der Waals surface area (Å²) in [5.74, 6) is 0.652. The molecule has 0 bridgehead atoms. The van der Waals surface area contributed by atoms with Crippen LogP contribution in [0.15, 0.2) is 30.3 Å². The quantitative estimate of drug-likeness (QED) is 0.341. The Morgan fingerprint density at radius 2 is 1.77 bits per heavy atom. The van der Waals surface area contributed by atoms with Gasteiger partial charge in [-0.3, -0.25) is 9.36 Å². The molecule has 168 valence electrons. The van der Waals surface area contributed by atoms with Gasteiger partial charge in [0.1, 0.15) is 6.10 Å². The third-order valence-electron chi connectivity index (χ3n) is 6.79. The van der Waals surface area contributed by atoms with Crippen LogP contribution in [0.2, 0.25) is 0 Å². The van der Waals surface area contributed by atoms with Gasteiger partial charge >= 0.3 is 13.6 Å². The van der Waals surface area contributed by atoms with E-state index in [1.54, 1.807) is 13.8 Å². The van der Waals surface area contributed by atoms with Crippen molar-refractivity contribution >= 4 is 13.6 Å². The number of ether oxygens (including phenoxy) is 1. The fourth-order valence-electron chi connectivity index (χ4n) is 5.07. The van der Waals surface area contributed by atoms with Crippen molar-refractivity contribution in [2.75, 3.05) is 13.2 Å². The van der Waals surface area contributed by atoms with E-state index in [0.717, 1.165) is 24.8 Å². The lowest BCUT2D eigenvalue weighted by Gasteiger charge is -2.38. The Morgan fingerprint density at radius 1 is 1.13 bits per heavy atom. The second-order valence-electron chi connectivity index (χ2n) is 9.19. The van der Waals surface area contributed by atoms with Crippen LogP contribution in [0.4, 0.5) is 0 Å². The van der Waals surface area contributed by atoms with Gasteiger partial charge in [-0.15, -0.1) is 0 Å². The molecule has 1 aromatic carbocycles. The van der Waals surface area contributed by atoms with Crippen molar-refractivity contribution in [3.63, 3.8) is 0 Å². The monoisotopic (exact) mass is 436 g/mol. The van der Waals surface area contributed by atoms with Gasteiger partial charge in [-0.2, -0.15) is 0 Å². The Morgan fingerprint density at radius 3 is 2.33 bits per heavy atom. The summed E-state index contributed by atoms with van der Waals surface area (Å²) in [5, 5.41) is -1.25. The van der Waals surface area contributed by atoms with Crippen molar-refractivity contribution in [1.29, 1.82) is 0 Å². The van der Waals surface area contributed by atoms with E-state index in [2.05, 4.69) is 20.8 Å². The standard InChI is InChI=1S/C24H37O5P/c1-6-27-30(26,28-7-2)24(16-21(24)19-11-9-8-10-12-19)23(25)29-22-15-18(5)13-14-20(22)17(3)4/h8-12,17-18,20-22H,6-7,13-16H2,1-5H3/t18-,20+,21-,22-,24+/m1/s1. The van der Waals surface area contributed by atoms with Crippen molar-refractivity contribution < 1.29 is 23.1 Å². The Hall–Kier alpha value is -1.16. The predicted molar refractivity (Wildman–Crippen MR) is 119 cm³/mol. The van der Waals surface area contributed by atoms with Crippen LogP contribution in [0, 0.1) is 17.8 Å². The molecule has 5 atom stereocenters. The highest BCUT2D eigenvalue weighted by Gasteiger charge is 2.74. The van der Waals surface area contributed by atoms with Crippen LogP contribution < -0.4 is 0 Å². The lowest BCUT2D eigenvalue weighted by atomic mass is 9.75. The van der Waals surface area contributed by atoms with E-state index in [1.807, 2.05) is 30.3 Å². The predicted octanol–water partition coefficient (Wildman–Crippen LogP) is 6.18. The fraction of sp³-hybridized carbons (Fsp3) is 0.708. The number of benzene rings is 1. The van der Waals surface area contributed by atoms with E-state index in [-0.39, 0.29) is 25.2 Å². The molecule has 0 radical (unpaired) electrons. The minimum Gasteiger partial charge on any atom is -0.461 e. The lowest BCUT2D eigenvalue weighted by Crippen LogP contribution is -2.40. The minimum absolute atomic E-state index is 0.146. The molecule has 2 aliphatic rings. The molecule has 5 nitrogen and oxygen atoms in total. The van der Waals surface area contributed by atoms with Crippen LogP contribution in [-0.2, 0) is 23.1 Å². The molecule has 0 amide bonds. The van der Waals surface area contributed by atoms with Crippen LogP contribution in [0.5, 0.6) is 0 Å². The smallest absolute Gasteiger partial charge is 0.348 e. The number of carbonyl (C=O) groups excluding carboxylic acids is 1. The molecule has 0 aliphatic heterocycles. The largest absolute Gasteiger partial charge is 0.461 e. The Kier molecular flexibility index (Phi) is 7.48. The van der Waals surface area contributed by atoms with Gasteiger partial charge in [0.25, 0.3) is 0 Å². The zero-order chi connectivity index (χ0) is 21.9. The zero-order valence-electron chi connectivity index (χ0n) is 19.0. The summed E-state index contributed by atoms with van der Waals surface area (Å²) in [7, 11) is -3.69. The van der Waals surface area contributed by atoms with Crippen LogP contribution in [0.1, 0.15) is 71.8 Å². The molecule has 0 heterocycles. The first-order valence-corrected chi connectivity index (χ1v) is 13.0. The maximum absolute atomic E-state index is 13.9. The van der Waals surface area contributed by atoms with E-state index < -0.39 is 18.7 Å². The van der Waals surface area contributed by atoms with E-state index in [4.69, 9.17) is 13.8 Å². The maximum Gasteiger partial charge on any atom is 0.348 e. The molecule has 0 saturated heterocycles. The van der Waals surface area contributed by atoms with Gasteiger partial charge in [0.2, 0.25) is 0 Å². The maximum atomic E-state index is 13.9. The number of carbonyl (C=O) groups is 1. The molecule has 2 saturated carbocycles. The van der Waals surface area contributed by atoms with Crippen LogP contribution in [0.3, 0.4) is 0 Å². The molecule has 2 aliphatic carbocycles. The van der Waals surface area contributed by atoms with Gasteiger partial charge < -0.3 is 13.8 Å². The second-order valence-corrected chi connectivity index (χ2v) is 11.5. The molecular weight excluding hydrogens is 399 g/mol. The highest BCUT2D eigenvalue weighted by atomic mass is 31.2. The molecule has 0 aromatic heterocycles. The van der Waals surface area contributed by atoms with Crippen molar-refractivity contribution in [2.45, 2.75) is 77.5 Å². The van der Waals surface area contributed by atoms with E-state index >= 15 is 0 Å². The van der Waals surface area contributed by atoms with E-state index in [1.165, 1.54) is 0 Å². The van der Waals surface area contributed by atoms with Gasteiger partial charge in [-0.05, 0) is 56.4 Å². The highest BCUT2D eigenvalue weighted by Crippen LogP contribution is 2.77. The van der Waals surface area contributed by atoms with E-state index in [9.17, 15) is 9.36 Å². The normalized spacial score (nSPS) is 31.5. The molecular formula is C24H37O5P. The van der Waals surface area contributed by atoms with Crippen LogP contribution in [-0.4, -0.2) is 30.4 Å². The summed E-state index contributed by atoms with van der Waals surface area (Å²) in [4.78, 5) is 13.7. The first-order chi connectivity index (χ1) is 14.3. The van der Waals surface area contributed by atoms with Gasteiger partial charge in [0.15, 0.2) is 5.16 Å². The number of hydrogen-bond acceptors (Lipinski definition) is 5. The highest BCUT2D eigenvalue weighted by molar-refractivity contribution is 7.57. The van der Waals surface area contributed by atoms with Crippen molar-refractivity contribution in [3.8, 4) is 0 Å². The summed E-state index contributed by atoms with van der Waals surface area (Å²) in [6, 6.07) is 9.76. The third-order valence-corrected chi connectivity index (χ3v) is 9.64. The molecule has 2 fully saturated rings. The minimum atomic E-state index is -3.69. The molecule has 0 unspecified atom stereocenters. The topological polar surface area (TPSA) is 61.8 Å². The second kappa shape index (κ2) is 9.54. The van der Waals surface area contributed by atoms with Gasteiger partial charge in [0, 0.05) is 5.92 Å². The summed E-state index contributed by atoms with van der Waals surface area (Å²) >= 11 is 0. The number of hydrogen-bond donors (Lipinski definition) is 0. The fourth-order valence-corrected chi connectivity index (χ4v) is 7.50. The van der Waals surface area contributed by atoms with Crippen LogP contribution >= 0.6 is 7.60 Å². The van der Waals surface area contributed by atoms with Crippen molar-refractivity contribution in [2.24, 2.45) is 17.8 Å². The Balaban J connectivity index is 1.92. The molecule has 0 spiro atoms. The van der Waals surface area contributed by atoms with Gasteiger partial charge in [-0.25, -0.2) is 0 Å². The van der Waals surface area contributed by atoms with E-state index in [0.29, 0.717) is 24.2 Å². The number of rotatable bonds is 9. The summed E-state index contributed by atoms with van der Waals surface area (Å²) in [5.41, 5.74) is 0.978. The molecule has 6 heteroatoms. The van der Waals surface area contributed by atoms with Gasteiger partial charge in [-0.1, -0.05) is 57.5 Å². The molecule has 30 heavy (non-hydrogen) atoms. The SMILES string of the molecule is CCOP(=O)(OCC)[C@@]1(C(=O)O[C@@H]2C[C@H](C)CC[C@H]2C(C)C)C[C@@H]1c1ccccc1. The Bertz CT molecular complexity index is 754. The lowest BCUT2D eigenvalue weighted by molar-refractivity contribution is -0.157. The first kappa shape index (κ1) is 23.5. The summed E-state index contributed by atoms with van der Waals surface area (Å²) < 4.78 is 31.5. The average Bonchev–Trinajstić information content (AvgIpc) is 3.47.